The Hall–Kier alpha value is -2.72. The zero-order valence-corrected chi connectivity index (χ0v) is 19.4. The maximum atomic E-state index is 13.7. The van der Waals surface area contributed by atoms with Gasteiger partial charge in [-0.15, -0.1) is 0 Å². The van der Waals surface area contributed by atoms with Crippen LogP contribution in [0.2, 0.25) is 5.02 Å². The van der Waals surface area contributed by atoms with Crippen LogP contribution in [0.3, 0.4) is 0 Å². The molecule has 2 amide bonds. The highest BCUT2D eigenvalue weighted by atomic mass is 35.5. The van der Waals surface area contributed by atoms with Crippen LogP contribution < -0.4 is 9.62 Å². The van der Waals surface area contributed by atoms with E-state index < -0.39 is 46.1 Å². The van der Waals surface area contributed by atoms with Gasteiger partial charge in [-0.3, -0.25) is 13.9 Å². The minimum absolute atomic E-state index is 0.0112. The molecule has 2 aromatic rings. The third-order valence-corrected chi connectivity index (χ3v) is 6.16. The molecule has 0 aliphatic carbocycles. The van der Waals surface area contributed by atoms with Crippen molar-refractivity contribution < 1.29 is 26.8 Å². The van der Waals surface area contributed by atoms with E-state index in [1.807, 2.05) is 0 Å². The van der Waals surface area contributed by atoms with Crippen molar-refractivity contribution in [3.8, 4) is 0 Å². The Bertz CT molecular complexity index is 1080. The Balaban J connectivity index is 2.43. The van der Waals surface area contributed by atoms with E-state index in [4.69, 9.17) is 11.6 Å². The van der Waals surface area contributed by atoms with Crippen molar-refractivity contribution in [2.75, 3.05) is 24.2 Å². The average molecular weight is 488 g/mol. The number of amides is 2. The number of anilines is 1. The molecule has 0 spiro atoms. The van der Waals surface area contributed by atoms with E-state index in [2.05, 4.69) is 5.32 Å². The van der Waals surface area contributed by atoms with Gasteiger partial charge in [-0.05, 0) is 36.2 Å². The predicted octanol–water partition coefficient (Wildman–Crippen LogP) is 2.94. The first-order valence-electron chi connectivity index (χ1n) is 9.66. The quantitative estimate of drug-likeness (QED) is 0.589. The summed E-state index contributed by atoms with van der Waals surface area (Å²) in [7, 11) is -2.60. The zero-order chi connectivity index (χ0) is 24.1. The van der Waals surface area contributed by atoms with Crippen molar-refractivity contribution >= 4 is 39.1 Å². The lowest BCUT2D eigenvalue weighted by atomic mass is 10.1. The first kappa shape index (κ1) is 25.5. The molecule has 0 unspecified atom stereocenters. The van der Waals surface area contributed by atoms with Gasteiger partial charge in [-0.1, -0.05) is 30.7 Å². The first-order valence-corrected chi connectivity index (χ1v) is 11.9. The van der Waals surface area contributed by atoms with Gasteiger partial charge < -0.3 is 10.2 Å². The van der Waals surface area contributed by atoms with Crippen molar-refractivity contribution in [3.05, 3.63) is 64.7 Å². The van der Waals surface area contributed by atoms with Gasteiger partial charge in [0.25, 0.3) is 0 Å². The summed E-state index contributed by atoms with van der Waals surface area (Å²) >= 11 is 5.91. The Morgan fingerprint density at radius 3 is 2.22 bits per heavy atom. The van der Waals surface area contributed by atoms with Gasteiger partial charge in [-0.25, -0.2) is 17.2 Å². The molecule has 0 bridgehead atoms. The molecule has 0 fully saturated rings. The molecule has 0 saturated carbocycles. The van der Waals surface area contributed by atoms with Crippen LogP contribution in [-0.2, 0) is 26.2 Å². The fourth-order valence-electron chi connectivity index (χ4n) is 3.13. The highest BCUT2D eigenvalue weighted by Crippen LogP contribution is 2.22. The number of sulfonamides is 1. The maximum Gasteiger partial charge on any atom is 0.244 e. The van der Waals surface area contributed by atoms with Crippen molar-refractivity contribution in [3.63, 3.8) is 0 Å². The number of benzene rings is 2. The zero-order valence-electron chi connectivity index (χ0n) is 17.8. The number of hydrogen-bond donors (Lipinski definition) is 1. The summed E-state index contributed by atoms with van der Waals surface area (Å²) in [6.07, 6.45) is 1.12. The number of carbonyl (C=O) groups excluding carboxylic acids is 2. The first-order chi connectivity index (χ1) is 15.0. The number of carbonyl (C=O) groups is 2. The molecular formula is C21H24ClF2N3O4S. The van der Waals surface area contributed by atoms with Crippen molar-refractivity contribution in [2.45, 2.75) is 25.9 Å². The van der Waals surface area contributed by atoms with Gasteiger partial charge in [0.15, 0.2) is 11.6 Å². The fraction of sp³-hybridized carbons (Fsp3) is 0.333. The van der Waals surface area contributed by atoms with Gasteiger partial charge in [0.2, 0.25) is 21.8 Å². The molecule has 7 nitrogen and oxygen atoms in total. The molecule has 0 aromatic heterocycles. The van der Waals surface area contributed by atoms with Gasteiger partial charge in [-0.2, -0.15) is 0 Å². The highest BCUT2D eigenvalue weighted by Gasteiger charge is 2.31. The molecule has 2 aromatic carbocycles. The van der Waals surface area contributed by atoms with Crippen LogP contribution in [0.25, 0.3) is 0 Å². The lowest BCUT2D eigenvalue weighted by molar-refractivity contribution is -0.140. The fourth-order valence-corrected chi connectivity index (χ4v) is 4.09. The van der Waals surface area contributed by atoms with Gasteiger partial charge in [0, 0.05) is 24.7 Å². The molecule has 2 rings (SSSR count). The van der Waals surface area contributed by atoms with Crippen molar-refractivity contribution in [1.29, 1.82) is 0 Å². The summed E-state index contributed by atoms with van der Waals surface area (Å²) in [5, 5.41) is 2.99. The number of halogens is 3. The second-order valence-corrected chi connectivity index (χ2v) is 9.40. The SMILES string of the molecule is CC[C@@H](C(=O)NC)N(Cc1ccc(Cl)cc1)C(=O)CN(c1ccc(F)c(F)c1)S(C)(=O)=O. The van der Waals surface area contributed by atoms with Gasteiger partial charge >= 0.3 is 0 Å². The van der Waals surface area contributed by atoms with E-state index in [0.29, 0.717) is 21.0 Å². The molecule has 174 valence electrons. The van der Waals surface area contributed by atoms with Gasteiger partial charge in [0.1, 0.15) is 12.6 Å². The van der Waals surface area contributed by atoms with Gasteiger partial charge in [0.05, 0.1) is 11.9 Å². The van der Waals surface area contributed by atoms with Crippen LogP contribution in [-0.4, -0.2) is 51.0 Å². The number of hydrogen-bond acceptors (Lipinski definition) is 4. The second kappa shape index (κ2) is 10.7. The van der Waals surface area contributed by atoms with Crippen LogP contribution in [0, 0.1) is 11.6 Å². The van der Waals surface area contributed by atoms with E-state index in [1.54, 1.807) is 31.2 Å². The minimum Gasteiger partial charge on any atom is -0.357 e. The molecular weight excluding hydrogens is 464 g/mol. The summed E-state index contributed by atoms with van der Waals surface area (Å²) < 4.78 is 52.4. The average Bonchev–Trinajstić information content (AvgIpc) is 2.74. The summed E-state index contributed by atoms with van der Waals surface area (Å²) in [4.78, 5) is 26.9. The topological polar surface area (TPSA) is 86.8 Å². The highest BCUT2D eigenvalue weighted by molar-refractivity contribution is 7.92. The number of nitrogens with one attached hydrogen (secondary N) is 1. The Morgan fingerprint density at radius 1 is 1.09 bits per heavy atom. The molecule has 1 atom stereocenters. The second-order valence-electron chi connectivity index (χ2n) is 7.05. The van der Waals surface area contributed by atoms with Crippen LogP contribution in [0.5, 0.6) is 0 Å². The van der Waals surface area contributed by atoms with Crippen molar-refractivity contribution in [2.24, 2.45) is 0 Å². The largest absolute Gasteiger partial charge is 0.357 e. The van der Waals surface area contributed by atoms with E-state index >= 15 is 0 Å². The monoisotopic (exact) mass is 487 g/mol. The molecule has 0 heterocycles. The summed E-state index contributed by atoms with van der Waals surface area (Å²) in [5.41, 5.74) is 0.461. The molecule has 0 radical (unpaired) electrons. The molecule has 1 N–H and O–H groups in total. The van der Waals surface area contributed by atoms with Crippen LogP contribution in [0.1, 0.15) is 18.9 Å². The van der Waals surface area contributed by atoms with Crippen LogP contribution in [0.4, 0.5) is 14.5 Å². The number of nitrogens with zero attached hydrogens (tertiary/aromatic N) is 2. The molecule has 0 aliphatic heterocycles. The molecule has 11 heteroatoms. The lowest BCUT2D eigenvalue weighted by Crippen LogP contribution is -2.51. The Labute approximate surface area is 191 Å². The number of rotatable bonds is 9. The van der Waals surface area contributed by atoms with E-state index in [0.717, 1.165) is 18.4 Å². The van der Waals surface area contributed by atoms with Crippen molar-refractivity contribution in [1.82, 2.24) is 10.2 Å². The smallest absolute Gasteiger partial charge is 0.244 e. The van der Waals surface area contributed by atoms with E-state index in [1.165, 1.54) is 11.9 Å². The molecule has 32 heavy (non-hydrogen) atoms. The normalized spacial score (nSPS) is 12.2. The molecule has 0 saturated heterocycles. The maximum absolute atomic E-state index is 13.7. The van der Waals surface area contributed by atoms with E-state index in [9.17, 15) is 26.8 Å². The predicted molar refractivity (Wildman–Crippen MR) is 119 cm³/mol. The minimum atomic E-state index is -4.03. The summed E-state index contributed by atoms with van der Waals surface area (Å²) in [6.45, 7) is 1.02. The standard InChI is InChI=1S/C21H24ClF2N3O4S/c1-4-19(21(29)25-2)26(12-14-5-7-15(22)8-6-14)20(28)13-27(32(3,30)31)16-9-10-17(23)18(24)11-16/h5-11,19H,4,12-13H2,1-3H3,(H,25,29)/t19-/m0/s1. The lowest BCUT2D eigenvalue weighted by Gasteiger charge is -2.32. The third kappa shape index (κ3) is 6.39. The summed E-state index contributed by atoms with van der Waals surface area (Å²) in [6, 6.07) is 8.28. The Morgan fingerprint density at radius 2 is 1.72 bits per heavy atom. The number of likely N-dealkylation sites (N-methyl/N-ethyl adjacent to an activating group) is 1. The molecule has 0 aliphatic rings. The summed E-state index contributed by atoms with van der Waals surface area (Å²) in [5.74, 6) is -3.51. The van der Waals surface area contributed by atoms with Crippen LogP contribution in [0.15, 0.2) is 42.5 Å². The third-order valence-electron chi connectivity index (χ3n) is 4.77. The van der Waals surface area contributed by atoms with Crippen LogP contribution >= 0.6 is 11.6 Å². The van der Waals surface area contributed by atoms with E-state index in [-0.39, 0.29) is 18.7 Å². The Kier molecular flexibility index (Phi) is 8.57.